The SMILES string of the molecule is CC(C1=CC2N=CC=NC2C=C1)N1CCN(c2ccc(C(O)C(F)(F)F)cn2)CC1. The Kier molecular flexibility index (Phi) is 5.75. The molecule has 2 aliphatic heterocycles. The summed E-state index contributed by atoms with van der Waals surface area (Å²) < 4.78 is 37.9. The molecule has 3 heterocycles. The molecule has 1 aromatic rings. The maximum Gasteiger partial charge on any atom is 0.418 e. The highest BCUT2D eigenvalue weighted by molar-refractivity contribution is 6.16. The summed E-state index contributed by atoms with van der Waals surface area (Å²) in [6.45, 7) is 5.26. The van der Waals surface area contributed by atoms with E-state index in [-0.39, 0.29) is 23.7 Å². The summed E-state index contributed by atoms with van der Waals surface area (Å²) in [5.74, 6) is 0.620. The lowest BCUT2D eigenvalue weighted by Gasteiger charge is -2.39. The van der Waals surface area contributed by atoms with Crippen LogP contribution in [0.2, 0.25) is 0 Å². The molecule has 6 nitrogen and oxygen atoms in total. The fraction of sp³-hybridized carbons (Fsp3) is 0.476. The van der Waals surface area contributed by atoms with E-state index in [4.69, 9.17) is 0 Å². The van der Waals surface area contributed by atoms with Crippen LogP contribution in [0.1, 0.15) is 18.6 Å². The van der Waals surface area contributed by atoms with Gasteiger partial charge in [-0.3, -0.25) is 14.9 Å². The Balaban J connectivity index is 1.35. The number of fused-ring (bicyclic) bond motifs is 1. The van der Waals surface area contributed by atoms with Crippen LogP contribution in [0.25, 0.3) is 0 Å². The van der Waals surface area contributed by atoms with Gasteiger partial charge in [-0.2, -0.15) is 13.2 Å². The van der Waals surface area contributed by atoms with Gasteiger partial charge < -0.3 is 10.0 Å². The smallest absolute Gasteiger partial charge is 0.379 e. The lowest BCUT2D eigenvalue weighted by atomic mass is 9.93. The number of hydrogen-bond acceptors (Lipinski definition) is 6. The number of aliphatic hydroxyl groups is 1. The van der Waals surface area contributed by atoms with Crippen molar-refractivity contribution in [2.75, 3.05) is 31.1 Å². The molecule has 0 aromatic carbocycles. The van der Waals surface area contributed by atoms with Crippen LogP contribution in [-0.4, -0.2) is 77.9 Å². The molecule has 1 saturated heterocycles. The monoisotopic (exact) mass is 419 g/mol. The van der Waals surface area contributed by atoms with Crippen LogP contribution in [0.5, 0.6) is 0 Å². The molecule has 0 radical (unpaired) electrons. The highest BCUT2D eigenvalue weighted by Crippen LogP contribution is 2.32. The van der Waals surface area contributed by atoms with Crippen molar-refractivity contribution in [3.05, 3.63) is 47.7 Å². The van der Waals surface area contributed by atoms with Gasteiger partial charge in [-0.25, -0.2) is 4.98 Å². The predicted molar refractivity (Wildman–Crippen MR) is 110 cm³/mol. The Bertz CT molecular complexity index is 870. The van der Waals surface area contributed by atoms with Crippen LogP contribution in [0, 0.1) is 0 Å². The summed E-state index contributed by atoms with van der Waals surface area (Å²) in [5.41, 5.74) is 0.977. The molecule has 3 aliphatic rings. The zero-order valence-corrected chi connectivity index (χ0v) is 16.6. The second-order valence-electron chi connectivity index (χ2n) is 7.70. The van der Waals surface area contributed by atoms with Gasteiger partial charge in [0.25, 0.3) is 0 Å². The van der Waals surface area contributed by atoms with Crippen molar-refractivity contribution < 1.29 is 18.3 Å². The standard InChI is InChI=1S/C21H24F3N5O/c1-14(15-2-4-17-18(12-15)26-7-6-25-17)28-8-10-29(11-9-28)19-5-3-16(13-27-19)20(30)21(22,23)24/h2-7,12-14,17-18,20,30H,8-11H2,1H3. The molecule has 1 fully saturated rings. The maximum absolute atomic E-state index is 12.6. The van der Waals surface area contributed by atoms with E-state index in [0.29, 0.717) is 5.82 Å². The average Bonchev–Trinajstić information content (AvgIpc) is 2.77. The first-order valence-corrected chi connectivity index (χ1v) is 9.97. The van der Waals surface area contributed by atoms with Crippen LogP contribution < -0.4 is 4.90 Å². The van der Waals surface area contributed by atoms with Crippen molar-refractivity contribution in [2.45, 2.75) is 37.3 Å². The highest BCUT2D eigenvalue weighted by Gasteiger charge is 2.39. The van der Waals surface area contributed by atoms with Gasteiger partial charge in [-0.15, -0.1) is 0 Å². The van der Waals surface area contributed by atoms with Gasteiger partial charge in [0.15, 0.2) is 6.10 Å². The molecule has 160 valence electrons. The van der Waals surface area contributed by atoms with Gasteiger partial charge in [-0.05, 0) is 18.6 Å². The number of rotatable bonds is 4. The number of aliphatic hydroxyl groups excluding tert-OH is 1. The number of anilines is 1. The van der Waals surface area contributed by atoms with Crippen molar-refractivity contribution >= 4 is 18.2 Å². The van der Waals surface area contributed by atoms with Gasteiger partial charge in [0.1, 0.15) is 5.82 Å². The minimum Gasteiger partial charge on any atom is -0.379 e. The number of piperazine rings is 1. The first-order valence-electron chi connectivity index (χ1n) is 9.97. The predicted octanol–water partition coefficient (Wildman–Crippen LogP) is 2.58. The summed E-state index contributed by atoms with van der Waals surface area (Å²) in [7, 11) is 0. The lowest BCUT2D eigenvalue weighted by Crippen LogP contribution is -2.50. The van der Waals surface area contributed by atoms with E-state index in [1.807, 2.05) is 4.90 Å². The molecule has 9 heteroatoms. The van der Waals surface area contributed by atoms with Crippen LogP contribution >= 0.6 is 0 Å². The Labute approximate surface area is 173 Å². The number of hydrogen-bond donors (Lipinski definition) is 1. The molecule has 0 spiro atoms. The maximum atomic E-state index is 12.6. The zero-order valence-electron chi connectivity index (χ0n) is 16.6. The molecule has 4 unspecified atom stereocenters. The molecule has 0 bridgehead atoms. The van der Waals surface area contributed by atoms with Crippen LogP contribution in [0.4, 0.5) is 19.0 Å². The zero-order chi connectivity index (χ0) is 21.3. The van der Waals surface area contributed by atoms with E-state index in [1.165, 1.54) is 17.7 Å². The summed E-state index contributed by atoms with van der Waals surface area (Å²) >= 11 is 0. The number of alkyl halides is 3. The van der Waals surface area contributed by atoms with Crippen molar-refractivity contribution in [1.29, 1.82) is 0 Å². The fourth-order valence-electron chi connectivity index (χ4n) is 3.98. The van der Waals surface area contributed by atoms with E-state index in [9.17, 15) is 18.3 Å². The lowest BCUT2D eigenvalue weighted by molar-refractivity contribution is -0.206. The Hall–Kier alpha value is -2.52. The second-order valence-corrected chi connectivity index (χ2v) is 7.70. The van der Waals surface area contributed by atoms with E-state index in [0.717, 1.165) is 32.4 Å². The highest BCUT2D eigenvalue weighted by atomic mass is 19.4. The van der Waals surface area contributed by atoms with Crippen LogP contribution in [0.3, 0.4) is 0 Å². The Morgan fingerprint density at radius 1 is 1.07 bits per heavy atom. The molecular weight excluding hydrogens is 395 g/mol. The number of aliphatic imine (C=N–C) groups is 2. The first-order chi connectivity index (χ1) is 14.3. The minimum absolute atomic E-state index is 0.0634. The summed E-state index contributed by atoms with van der Waals surface area (Å²) in [5, 5.41) is 9.34. The normalized spacial score (nSPS) is 26.3. The Morgan fingerprint density at radius 3 is 2.40 bits per heavy atom. The number of aromatic nitrogens is 1. The molecule has 1 N–H and O–H groups in total. The number of nitrogens with zero attached hydrogens (tertiary/aromatic N) is 5. The first kappa shape index (κ1) is 20.7. The molecule has 4 atom stereocenters. The minimum atomic E-state index is -4.69. The quantitative estimate of drug-likeness (QED) is 0.815. The van der Waals surface area contributed by atoms with Crippen LogP contribution in [0.15, 0.2) is 52.1 Å². The molecule has 1 aromatic heterocycles. The molecule has 4 rings (SSSR count). The summed E-state index contributed by atoms with van der Waals surface area (Å²) in [6, 6.07) is 3.22. The summed E-state index contributed by atoms with van der Waals surface area (Å²) in [4.78, 5) is 17.5. The van der Waals surface area contributed by atoms with Gasteiger partial charge >= 0.3 is 6.18 Å². The third-order valence-electron chi connectivity index (χ3n) is 5.85. The van der Waals surface area contributed by atoms with Gasteiger partial charge in [0, 0.05) is 56.4 Å². The molecular formula is C21H24F3N5O. The van der Waals surface area contributed by atoms with Crippen molar-refractivity contribution in [3.63, 3.8) is 0 Å². The van der Waals surface area contributed by atoms with Gasteiger partial charge in [-0.1, -0.05) is 24.3 Å². The van der Waals surface area contributed by atoms with Crippen molar-refractivity contribution in [2.24, 2.45) is 9.98 Å². The van der Waals surface area contributed by atoms with Gasteiger partial charge in [0.05, 0.1) is 12.1 Å². The largest absolute Gasteiger partial charge is 0.418 e. The van der Waals surface area contributed by atoms with Crippen molar-refractivity contribution in [3.8, 4) is 0 Å². The molecule has 30 heavy (non-hydrogen) atoms. The van der Waals surface area contributed by atoms with E-state index >= 15 is 0 Å². The van der Waals surface area contributed by atoms with Crippen LogP contribution in [-0.2, 0) is 0 Å². The van der Waals surface area contributed by atoms with Crippen molar-refractivity contribution in [1.82, 2.24) is 9.88 Å². The topological polar surface area (TPSA) is 64.3 Å². The van der Waals surface area contributed by atoms with Gasteiger partial charge in [0.2, 0.25) is 0 Å². The summed E-state index contributed by atoms with van der Waals surface area (Å²) in [6.07, 6.45) is 3.78. The number of pyridine rings is 1. The fourth-order valence-corrected chi connectivity index (χ4v) is 3.98. The second kappa shape index (κ2) is 8.31. The molecule has 0 saturated carbocycles. The molecule has 1 aliphatic carbocycles. The van der Waals surface area contributed by atoms with E-state index < -0.39 is 12.3 Å². The average molecular weight is 419 g/mol. The molecule has 0 amide bonds. The van der Waals surface area contributed by atoms with E-state index in [1.54, 1.807) is 12.4 Å². The number of halogens is 3. The Morgan fingerprint density at radius 2 is 1.77 bits per heavy atom. The van der Waals surface area contributed by atoms with E-state index in [2.05, 4.69) is 45.0 Å². The third-order valence-corrected chi connectivity index (χ3v) is 5.85. The third kappa shape index (κ3) is 4.32.